The smallest absolute Gasteiger partial charge is 0.253 e. The normalized spacial score (nSPS) is 12.3. The molecule has 1 aromatic carbocycles. The molecular weight excluding hydrogens is 261 g/mol. The molecule has 1 amide bonds. The van der Waals surface area contributed by atoms with Crippen LogP contribution < -0.4 is 5.73 Å². The highest BCUT2D eigenvalue weighted by atomic mass is 19.2. The SMILES string of the molecule is COCC(N)CN(C)C(=O)c1cc(F)c(F)c(F)c1. The number of hydrogen-bond donors (Lipinski definition) is 1. The predicted octanol–water partition coefficient (Wildman–Crippen LogP) is 1.15. The quantitative estimate of drug-likeness (QED) is 0.821. The van der Waals surface area contributed by atoms with Crippen LogP contribution in [0.25, 0.3) is 0 Å². The van der Waals surface area contributed by atoms with Crippen molar-refractivity contribution >= 4 is 5.91 Å². The monoisotopic (exact) mass is 276 g/mol. The Morgan fingerprint density at radius 1 is 1.37 bits per heavy atom. The number of carbonyl (C=O) groups is 1. The van der Waals surface area contributed by atoms with E-state index in [0.29, 0.717) is 12.1 Å². The van der Waals surface area contributed by atoms with Gasteiger partial charge < -0.3 is 15.4 Å². The Morgan fingerprint density at radius 2 is 1.89 bits per heavy atom. The number of rotatable bonds is 5. The molecule has 0 aliphatic heterocycles. The summed E-state index contributed by atoms with van der Waals surface area (Å²) >= 11 is 0. The van der Waals surface area contributed by atoms with Gasteiger partial charge in [-0.3, -0.25) is 4.79 Å². The lowest BCUT2D eigenvalue weighted by Gasteiger charge is -2.21. The van der Waals surface area contributed by atoms with E-state index in [1.807, 2.05) is 0 Å². The summed E-state index contributed by atoms with van der Waals surface area (Å²) in [6, 6.07) is 0.882. The second-order valence-electron chi connectivity index (χ2n) is 4.15. The fraction of sp³-hybridized carbons (Fsp3) is 0.417. The second-order valence-corrected chi connectivity index (χ2v) is 4.15. The average Bonchev–Trinajstić information content (AvgIpc) is 2.34. The van der Waals surface area contributed by atoms with E-state index in [-0.39, 0.29) is 18.7 Å². The van der Waals surface area contributed by atoms with Gasteiger partial charge in [-0.15, -0.1) is 0 Å². The number of hydrogen-bond acceptors (Lipinski definition) is 3. The molecular formula is C12H15F3N2O2. The third kappa shape index (κ3) is 3.93. The summed E-state index contributed by atoms with van der Waals surface area (Å²) in [5.41, 5.74) is 5.38. The number of likely N-dealkylation sites (N-methyl/N-ethyl adjacent to an activating group) is 1. The van der Waals surface area contributed by atoms with Crippen molar-refractivity contribution in [3.05, 3.63) is 35.1 Å². The first-order chi connectivity index (χ1) is 8.86. The number of methoxy groups -OCH3 is 1. The maximum absolute atomic E-state index is 13.0. The fourth-order valence-electron chi connectivity index (χ4n) is 1.60. The summed E-state index contributed by atoms with van der Waals surface area (Å²) in [7, 11) is 2.89. The van der Waals surface area contributed by atoms with Crippen molar-refractivity contribution in [3.63, 3.8) is 0 Å². The van der Waals surface area contributed by atoms with E-state index in [1.165, 1.54) is 19.1 Å². The topological polar surface area (TPSA) is 55.6 Å². The van der Waals surface area contributed by atoms with Crippen molar-refractivity contribution in [1.82, 2.24) is 4.90 Å². The highest BCUT2D eigenvalue weighted by Gasteiger charge is 2.19. The fourth-order valence-corrected chi connectivity index (χ4v) is 1.60. The van der Waals surface area contributed by atoms with Crippen LogP contribution in [0, 0.1) is 17.5 Å². The molecule has 19 heavy (non-hydrogen) atoms. The van der Waals surface area contributed by atoms with E-state index in [4.69, 9.17) is 10.5 Å². The molecule has 2 N–H and O–H groups in total. The van der Waals surface area contributed by atoms with E-state index < -0.39 is 29.4 Å². The summed E-state index contributed by atoms with van der Waals surface area (Å²) in [4.78, 5) is 13.1. The summed E-state index contributed by atoms with van der Waals surface area (Å²) in [6.07, 6.45) is 0. The van der Waals surface area contributed by atoms with Crippen LogP contribution >= 0.6 is 0 Å². The van der Waals surface area contributed by atoms with Crippen molar-refractivity contribution < 1.29 is 22.7 Å². The van der Waals surface area contributed by atoms with Gasteiger partial charge in [0, 0.05) is 32.3 Å². The first-order valence-corrected chi connectivity index (χ1v) is 5.51. The molecule has 0 aliphatic rings. The zero-order valence-corrected chi connectivity index (χ0v) is 10.6. The number of halogens is 3. The Hall–Kier alpha value is -1.60. The van der Waals surface area contributed by atoms with E-state index in [0.717, 1.165) is 0 Å². The van der Waals surface area contributed by atoms with E-state index >= 15 is 0 Å². The molecule has 0 saturated heterocycles. The zero-order chi connectivity index (χ0) is 14.6. The molecule has 1 atom stereocenters. The molecule has 7 heteroatoms. The summed E-state index contributed by atoms with van der Waals surface area (Å²) in [6.45, 7) is 0.386. The van der Waals surface area contributed by atoms with Gasteiger partial charge in [-0.1, -0.05) is 0 Å². The Labute approximate surface area is 108 Å². The largest absolute Gasteiger partial charge is 0.383 e. The maximum Gasteiger partial charge on any atom is 0.253 e. The zero-order valence-electron chi connectivity index (χ0n) is 10.6. The van der Waals surface area contributed by atoms with E-state index in [9.17, 15) is 18.0 Å². The average molecular weight is 276 g/mol. The minimum atomic E-state index is -1.60. The van der Waals surface area contributed by atoms with Gasteiger partial charge in [0.2, 0.25) is 0 Å². The van der Waals surface area contributed by atoms with Crippen LogP contribution in [-0.4, -0.2) is 44.2 Å². The van der Waals surface area contributed by atoms with Crippen molar-refractivity contribution in [2.75, 3.05) is 27.3 Å². The highest BCUT2D eigenvalue weighted by molar-refractivity contribution is 5.94. The maximum atomic E-state index is 13.0. The van der Waals surface area contributed by atoms with Crippen LogP contribution in [0.5, 0.6) is 0 Å². The Bertz CT molecular complexity index is 445. The van der Waals surface area contributed by atoms with Crippen LogP contribution in [0.3, 0.4) is 0 Å². The second kappa shape index (κ2) is 6.53. The van der Waals surface area contributed by atoms with Gasteiger partial charge in [-0.05, 0) is 12.1 Å². The molecule has 0 heterocycles. The standard InChI is InChI=1S/C12H15F3N2O2/c1-17(5-8(16)6-19-2)12(18)7-3-9(13)11(15)10(14)4-7/h3-4,8H,5-6,16H2,1-2H3. The molecule has 1 rings (SSSR count). The highest BCUT2D eigenvalue weighted by Crippen LogP contribution is 2.14. The van der Waals surface area contributed by atoms with Crippen LogP contribution in [0.1, 0.15) is 10.4 Å². The van der Waals surface area contributed by atoms with Crippen molar-refractivity contribution in [2.24, 2.45) is 5.73 Å². The van der Waals surface area contributed by atoms with Crippen LogP contribution in [0.4, 0.5) is 13.2 Å². The van der Waals surface area contributed by atoms with Crippen molar-refractivity contribution in [1.29, 1.82) is 0 Å². The third-order valence-electron chi connectivity index (χ3n) is 2.47. The number of carbonyl (C=O) groups excluding carboxylic acids is 1. The predicted molar refractivity (Wildman–Crippen MR) is 63.1 cm³/mol. The van der Waals surface area contributed by atoms with Gasteiger partial charge in [0.05, 0.1) is 6.61 Å². The number of amides is 1. The molecule has 0 bridgehead atoms. The van der Waals surface area contributed by atoms with E-state index in [1.54, 1.807) is 0 Å². The van der Waals surface area contributed by atoms with Gasteiger partial charge in [0.15, 0.2) is 17.5 Å². The molecule has 4 nitrogen and oxygen atoms in total. The van der Waals surface area contributed by atoms with Gasteiger partial charge in [-0.25, -0.2) is 13.2 Å². The lowest BCUT2D eigenvalue weighted by Crippen LogP contribution is -2.41. The molecule has 0 saturated carbocycles. The summed E-state index contributed by atoms with van der Waals surface area (Å²) in [5.74, 6) is -5.06. The van der Waals surface area contributed by atoms with Crippen molar-refractivity contribution in [2.45, 2.75) is 6.04 Å². The molecule has 0 spiro atoms. The number of nitrogens with zero attached hydrogens (tertiary/aromatic N) is 1. The molecule has 0 fully saturated rings. The van der Waals surface area contributed by atoms with Gasteiger partial charge in [-0.2, -0.15) is 0 Å². The minimum Gasteiger partial charge on any atom is -0.383 e. The van der Waals surface area contributed by atoms with Crippen LogP contribution in [0.2, 0.25) is 0 Å². The Morgan fingerprint density at radius 3 is 2.37 bits per heavy atom. The minimum absolute atomic E-state index is 0.146. The number of ether oxygens (including phenoxy) is 1. The first kappa shape index (κ1) is 15.5. The van der Waals surface area contributed by atoms with Gasteiger partial charge in [0.25, 0.3) is 5.91 Å². The Balaban J connectivity index is 2.82. The number of nitrogens with two attached hydrogens (primary N) is 1. The van der Waals surface area contributed by atoms with Gasteiger partial charge >= 0.3 is 0 Å². The summed E-state index contributed by atoms with van der Waals surface area (Å²) in [5, 5.41) is 0. The lowest BCUT2D eigenvalue weighted by atomic mass is 10.1. The lowest BCUT2D eigenvalue weighted by molar-refractivity contribution is 0.0763. The number of benzene rings is 1. The Kier molecular flexibility index (Phi) is 5.31. The molecule has 0 radical (unpaired) electrons. The molecule has 1 aromatic rings. The van der Waals surface area contributed by atoms with Crippen LogP contribution in [0.15, 0.2) is 12.1 Å². The first-order valence-electron chi connectivity index (χ1n) is 5.51. The summed E-state index contributed by atoms with van der Waals surface area (Å²) < 4.78 is 43.6. The molecule has 1 unspecified atom stereocenters. The van der Waals surface area contributed by atoms with Gasteiger partial charge in [0.1, 0.15) is 0 Å². The third-order valence-corrected chi connectivity index (χ3v) is 2.47. The van der Waals surface area contributed by atoms with Crippen molar-refractivity contribution in [3.8, 4) is 0 Å². The molecule has 0 aliphatic carbocycles. The van der Waals surface area contributed by atoms with E-state index in [2.05, 4.69) is 0 Å². The molecule has 106 valence electrons. The molecule has 0 aromatic heterocycles. The van der Waals surface area contributed by atoms with Crippen LogP contribution in [-0.2, 0) is 4.74 Å².